The van der Waals surface area contributed by atoms with Crippen molar-refractivity contribution in [3.63, 3.8) is 0 Å². The largest absolute Gasteiger partial charge is 0.462 e. The van der Waals surface area contributed by atoms with E-state index in [2.05, 4.69) is 10.7 Å². The van der Waals surface area contributed by atoms with Gasteiger partial charge >= 0.3 is 0 Å². The third-order valence-electron chi connectivity index (χ3n) is 3.14. The summed E-state index contributed by atoms with van der Waals surface area (Å²) < 4.78 is 5.69. The summed E-state index contributed by atoms with van der Waals surface area (Å²) in [4.78, 5) is 0. The van der Waals surface area contributed by atoms with E-state index in [1.807, 2.05) is 61.3 Å². The molecule has 1 aliphatic rings. The fraction of sp³-hybridized carbons (Fsp3) is 0.214. The van der Waals surface area contributed by atoms with Gasteiger partial charge in [-0.3, -0.25) is 0 Å². The lowest BCUT2D eigenvalue weighted by Gasteiger charge is -2.23. The number of nitrogens with zero attached hydrogens (tertiary/aromatic N) is 1. The molecule has 2 heterocycles. The normalized spacial score (nSPS) is 22.6. The molecular weight excluding hydrogens is 258 g/mol. The summed E-state index contributed by atoms with van der Waals surface area (Å²) in [7, 11) is 0. The van der Waals surface area contributed by atoms with Gasteiger partial charge < -0.3 is 9.73 Å². The molecule has 5 heteroatoms. The van der Waals surface area contributed by atoms with Crippen LogP contribution < -0.4 is 15.8 Å². The smallest absolute Gasteiger partial charge is 0.190 e. The predicted octanol–water partition coefficient (Wildman–Crippen LogP) is 2.66. The average molecular weight is 273 g/mol. The molecule has 3 rings (SSSR count). The van der Waals surface area contributed by atoms with Crippen molar-refractivity contribution in [2.24, 2.45) is 0 Å². The first-order valence-corrected chi connectivity index (χ1v) is 6.51. The SMILES string of the molecule is Cc1ccc([C@]2(C)NC(=S)N(c3ccccc3)N2)o1. The third-order valence-corrected chi connectivity index (χ3v) is 3.43. The Morgan fingerprint density at radius 1 is 1.16 bits per heavy atom. The van der Waals surface area contributed by atoms with Gasteiger partial charge in [-0.15, -0.1) is 0 Å². The van der Waals surface area contributed by atoms with Crippen LogP contribution in [0.5, 0.6) is 0 Å². The van der Waals surface area contributed by atoms with Crippen LogP contribution in [0.2, 0.25) is 0 Å². The molecule has 1 saturated heterocycles. The maximum Gasteiger partial charge on any atom is 0.190 e. The van der Waals surface area contributed by atoms with Gasteiger partial charge in [0.25, 0.3) is 0 Å². The first kappa shape index (κ1) is 12.2. The summed E-state index contributed by atoms with van der Waals surface area (Å²) in [5.41, 5.74) is 3.82. The summed E-state index contributed by atoms with van der Waals surface area (Å²) >= 11 is 5.39. The van der Waals surface area contributed by atoms with Crippen LogP contribution in [0.25, 0.3) is 0 Å². The topological polar surface area (TPSA) is 40.4 Å². The van der Waals surface area contributed by atoms with Gasteiger partial charge in [0.05, 0.1) is 5.69 Å². The van der Waals surface area contributed by atoms with Crippen LogP contribution in [0.1, 0.15) is 18.4 Å². The Bertz CT molecular complexity index is 610. The number of thiocarbonyl (C=S) groups is 1. The molecule has 1 atom stereocenters. The Morgan fingerprint density at radius 2 is 1.89 bits per heavy atom. The number of benzene rings is 1. The monoisotopic (exact) mass is 273 g/mol. The molecule has 1 aromatic heterocycles. The van der Waals surface area contributed by atoms with Gasteiger partial charge in [0, 0.05) is 0 Å². The van der Waals surface area contributed by atoms with Crippen LogP contribution >= 0.6 is 12.2 Å². The Hall–Kier alpha value is -1.85. The highest BCUT2D eigenvalue weighted by atomic mass is 32.1. The zero-order valence-electron chi connectivity index (χ0n) is 10.8. The summed E-state index contributed by atoms with van der Waals surface area (Å²) in [6.07, 6.45) is 0. The van der Waals surface area contributed by atoms with Crippen molar-refractivity contribution in [3.8, 4) is 0 Å². The van der Waals surface area contributed by atoms with Crippen LogP contribution in [0, 0.1) is 6.92 Å². The number of hydrogen-bond donors (Lipinski definition) is 2. The van der Waals surface area contributed by atoms with Crippen molar-refractivity contribution in [1.82, 2.24) is 10.7 Å². The third kappa shape index (κ3) is 2.11. The number of nitrogens with one attached hydrogen (secondary N) is 2. The average Bonchev–Trinajstić information content (AvgIpc) is 2.96. The number of hydrogen-bond acceptors (Lipinski definition) is 3. The zero-order chi connectivity index (χ0) is 13.5. The van der Waals surface area contributed by atoms with Crippen molar-refractivity contribution in [2.45, 2.75) is 19.5 Å². The van der Waals surface area contributed by atoms with Crippen molar-refractivity contribution in [3.05, 3.63) is 54.0 Å². The number of anilines is 1. The van der Waals surface area contributed by atoms with E-state index in [0.717, 1.165) is 17.2 Å². The van der Waals surface area contributed by atoms with E-state index in [0.29, 0.717) is 5.11 Å². The number of hydrazine groups is 1. The van der Waals surface area contributed by atoms with Crippen LogP contribution in [0.15, 0.2) is 46.9 Å². The Kier molecular flexibility index (Phi) is 2.80. The van der Waals surface area contributed by atoms with Crippen LogP contribution in [-0.2, 0) is 5.66 Å². The Labute approximate surface area is 117 Å². The highest BCUT2D eigenvalue weighted by Crippen LogP contribution is 2.27. The van der Waals surface area contributed by atoms with Gasteiger partial charge in [0.1, 0.15) is 11.5 Å². The van der Waals surface area contributed by atoms with E-state index in [1.54, 1.807) is 0 Å². The molecule has 0 unspecified atom stereocenters. The van der Waals surface area contributed by atoms with Crippen molar-refractivity contribution < 1.29 is 4.42 Å². The van der Waals surface area contributed by atoms with Gasteiger partial charge in [-0.2, -0.15) is 5.43 Å². The minimum Gasteiger partial charge on any atom is -0.462 e. The van der Waals surface area contributed by atoms with E-state index in [9.17, 15) is 0 Å². The molecule has 19 heavy (non-hydrogen) atoms. The number of aryl methyl sites for hydroxylation is 1. The molecule has 0 bridgehead atoms. The Balaban J connectivity index is 1.91. The molecule has 0 radical (unpaired) electrons. The van der Waals surface area contributed by atoms with Crippen LogP contribution in [0.4, 0.5) is 5.69 Å². The van der Waals surface area contributed by atoms with Crippen molar-refractivity contribution >= 4 is 23.0 Å². The van der Waals surface area contributed by atoms with Crippen LogP contribution in [0.3, 0.4) is 0 Å². The number of para-hydroxylation sites is 1. The predicted molar refractivity (Wildman–Crippen MR) is 78.6 cm³/mol. The molecule has 2 N–H and O–H groups in total. The quantitative estimate of drug-likeness (QED) is 0.823. The second-order valence-electron chi connectivity index (χ2n) is 4.75. The second-order valence-corrected chi connectivity index (χ2v) is 5.13. The fourth-order valence-electron chi connectivity index (χ4n) is 2.15. The van der Waals surface area contributed by atoms with Crippen LogP contribution in [-0.4, -0.2) is 5.11 Å². The first-order valence-electron chi connectivity index (χ1n) is 6.10. The molecule has 98 valence electrons. The lowest BCUT2D eigenvalue weighted by atomic mass is 10.1. The van der Waals surface area contributed by atoms with Gasteiger partial charge in [-0.25, -0.2) is 5.01 Å². The van der Waals surface area contributed by atoms with Crippen molar-refractivity contribution in [1.29, 1.82) is 0 Å². The number of furan rings is 1. The molecular formula is C14H15N3OS. The van der Waals surface area contributed by atoms with E-state index < -0.39 is 5.66 Å². The molecule has 2 aromatic rings. The van der Waals surface area contributed by atoms with Gasteiger partial charge in [-0.05, 0) is 50.3 Å². The first-order chi connectivity index (χ1) is 9.08. The fourth-order valence-corrected chi connectivity index (χ4v) is 2.51. The summed E-state index contributed by atoms with van der Waals surface area (Å²) in [6.45, 7) is 3.93. The molecule has 0 amide bonds. The molecule has 0 saturated carbocycles. The summed E-state index contributed by atoms with van der Waals surface area (Å²) in [6, 6.07) is 13.8. The highest BCUT2D eigenvalue weighted by molar-refractivity contribution is 7.80. The van der Waals surface area contributed by atoms with Gasteiger partial charge in [0.2, 0.25) is 0 Å². The zero-order valence-corrected chi connectivity index (χ0v) is 11.6. The molecule has 1 aromatic carbocycles. The maximum absolute atomic E-state index is 5.69. The standard InChI is InChI=1S/C14H15N3OS/c1-10-8-9-12(18-10)14(2)15-13(19)17(16-14)11-6-4-3-5-7-11/h3-9,16H,1-2H3,(H,15,19)/t14-/m1/s1. The highest BCUT2D eigenvalue weighted by Gasteiger charge is 2.40. The maximum atomic E-state index is 5.69. The molecule has 0 spiro atoms. The molecule has 4 nitrogen and oxygen atoms in total. The van der Waals surface area contributed by atoms with E-state index in [1.165, 1.54) is 0 Å². The van der Waals surface area contributed by atoms with E-state index >= 15 is 0 Å². The molecule has 1 fully saturated rings. The molecule has 0 aliphatic carbocycles. The van der Waals surface area contributed by atoms with E-state index in [4.69, 9.17) is 16.6 Å². The van der Waals surface area contributed by atoms with E-state index in [-0.39, 0.29) is 0 Å². The second kappa shape index (κ2) is 4.36. The minimum absolute atomic E-state index is 0.527. The van der Waals surface area contributed by atoms with Gasteiger partial charge in [0.15, 0.2) is 10.8 Å². The lowest BCUT2D eigenvalue weighted by Crippen LogP contribution is -2.45. The number of rotatable bonds is 2. The van der Waals surface area contributed by atoms with Crippen molar-refractivity contribution in [2.75, 3.05) is 5.01 Å². The summed E-state index contributed by atoms with van der Waals surface area (Å²) in [5, 5.41) is 5.74. The Morgan fingerprint density at radius 3 is 2.53 bits per heavy atom. The lowest BCUT2D eigenvalue weighted by molar-refractivity contribution is 0.300. The minimum atomic E-state index is -0.527. The summed E-state index contributed by atoms with van der Waals surface area (Å²) in [5.74, 6) is 1.69. The van der Waals surface area contributed by atoms with Gasteiger partial charge in [-0.1, -0.05) is 18.2 Å². The molecule has 1 aliphatic heterocycles.